The summed E-state index contributed by atoms with van der Waals surface area (Å²) in [4.78, 5) is 25.9. The summed E-state index contributed by atoms with van der Waals surface area (Å²) in [6.45, 7) is 10.5. The molecule has 134 valence electrons. The summed E-state index contributed by atoms with van der Waals surface area (Å²) in [5.41, 5.74) is -0.365. The van der Waals surface area contributed by atoms with E-state index in [9.17, 15) is 9.59 Å². The third kappa shape index (κ3) is 9.59. The zero-order valence-electron chi connectivity index (χ0n) is 15.2. The number of amides is 2. The minimum absolute atomic E-state index is 0.0374. The van der Waals surface area contributed by atoms with E-state index in [4.69, 9.17) is 0 Å². The molecule has 0 unspecified atom stereocenters. The van der Waals surface area contributed by atoms with E-state index < -0.39 is 0 Å². The van der Waals surface area contributed by atoms with E-state index in [1.807, 2.05) is 20.8 Å². The molecule has 0 aromatic heterocycles. The summed E-state index contributed by atoms with van der Waals surface area (Å²) in [5, 5.41) is 5.85. The molecule has 5 heteroatoms. The highest BCUT2D eigenvalue weighted by molar-refractivity contribution is 5.81. The molecule has 0 radical (unpaired) electrons. The topological polar surface area (TPSA) is 61.4 Å². The highest BCUT2D eigenvalue weighted by Gasteiger charge is 2.20. The van der Waals surface area contributed by atoms with Gasteiger partial charge in [-0.25, -0.2) is 0 Å². The quantitative estimate of drug-likeness (QED) is 0.673. The zero-order chi connectivity index (χ0) is 17.1. The fraction of sp³-hybridized carbons (Fsp3) is 0.889. The van der Waals surface area contributed by atoms with Crippen molar-refractivity contribution >= 4 is 11.8 Å². The predicted octanol–water partition coefficient (Wildman–Crippen LogP) is 2.31. The van der Waals surface area contributed by atoms with Crippen LogP contribution >= 0.6 is 0 Å². The van der Waals surface area contributed by atoms with Crippen molar-refractivity contribution in [1.29, 1.82) is 0 Å². The van der Waals surface area contributed by atoms with Crippen molar-refractivity contribution in [2.75, 3.05) is 32.7 Å². The van der Waals surface area contributed by atoms with Gasteiger partial charge >= 0.3 is 0 Å². The van der Waals surface area contributed by atoms with Gasteiger partial charge < -0.3 is 15.5 Å². The molecule has 0 saturated carbocycles. The number of rotatable bonds is 8. The Hall–Kier alpha value is -1.10. The van der Waals surface area contributed by atoms with Crippen molar-refractivity contribution in [3.05, 3.63) is 0 Å². The lowest BCUT2D eigenvalue weighted by molar-refractivity contribution is -0.128. The number of nitrogens with one attached hydrogen (secondary N) is 2. The van der Waals surface area contributed by atoms with Crippen molar-refractivity contribution in [3.63, 3.8) is 0 Å². The molecule has 23 heavy (non-hydrogen) atoms. The first-order valence-corrected chi connectivity index (χ1v) is 9.17. The lowest BCUT2D eigenvalue weighted by Gasteiger charge is -2.19. The van der Waals surface area contributed by atoms with Crippen LogP contribution in [0, 0.1) is 5.41 Å². The van der Waals surface area contributed by atoms with Gasteiger partial charge in [0.25, 0.3) is 0 Å². The summed E-state index contributed by atoms with van der Waals surface area (Å²) in [6.07, 6.45) is 7.54. The summed E-state index contributed by atoms with van der Waals surface area (Å²) in [7, 11) is 0. The van der Waals surface area contributed by atoms with Crippen LogP contribution in [0.3, 0.4) is 0 Å². The number of carbonyl (C=O) groups excluding carboxylic acids is 2. The standard InChI is InChI=1S/C18H35N3O2/c1-18(2,3)17(23)20-11-8-10-16(22)19-12-9-15-21-13-6-4-5-7-14-21/h4-15H2,1-3H3,(H,19,22)(H,20,23). The van der Waals surface area contributed by atoms with Crippen LogP contribution in [-0.4, -0.2) is 49.4 Å². The Balaban J connectivity index is 1.98. The maximum atomic E-state index is 11.8. The van der Waals surface area contributed by atoms with E-state index in [0.29, 0.717) is 19.4 Å². The lowest BCUT2D eigenvalue weighted by atomic mass is 9.96. The van der Waals surface area contributed by atoms with Crippen LogP contribution in [0.1, 0.15) is 65.7 Å². The van der Waals surface area contributed by atoms with Crippen LogP contribution in [0.2, 0.25) is 0 Å². The molecule has 2 amide bonds. The summed E-state index contributed by atoms with van der Waals surface area (Å²) < 4.78 is 0. The molecule has 1 aliphatic heterocycles. The second-order valence-corrected chi connectivity index (χ2v) is 7.57. The molecule has 5 nitrogen and oxygen atoms in total. The first-order chi connectivity index (χ1) is 10.9. The van der Waals surface area contributed by atoms with Crippen LogP contribution in [0.4, 0.5) is 0 Å². The van der Waals surface area contributed by atoms with Crippen molar-refractivity contribution in [2.24, 2.45) is 5.41 Å². The Morgan fingerprint density at radius 3 is 2.13 bits per heavy atom. The van der Waals surface area contributed by atoms with Gasteiger partial charge in [-0.1, -0.05) is 33.6 Å². The van der Waals surface area contributed by atoms with Gasteiger partial charge in [0, 0.05) is 24.9 Å². The maximum absolute atomic E-state index is 11.8. The van der Waals surface area contributed by atoms with E-state index in [-0.39, 0.29) is 17.2 Å². The van der Waals surface area contributed by atoms with Crippen LogP contribution in [-0.2, 0) is 9.59 Å². The average Bonchev–Trinajstić information content (AvgIpc) is 2.75. The molecule has 0 aromatic rings. The highest BCUT2D eigenvalue weighted by atomic mass is 16.2. The molecule has 1 rings (SSSR count). The lowest BCUT2D eigenvalue weighted by Crippen LogP contribution is -2.36. The molecule has 1 heterocycles. The van der Waals surface area contributed by atoms with Gasteiger partial charge in [0.2, 0.25) is 11.8 Å². The molecular weight excluding hydrogens is 290 g/mol. The van der Waals surface area contributed by atoms with Gasteiger partial charge in [-0.3, -0.25) is 9.59 Å². The van der Waals surface area contributed by atoms with Gasteiger partial charge in [0.05, 0.1) is 0 Å². The number of hydrogen-bond acceptors (Lipinski definition) is 3. The molecule has 0 aliphatic carbocycles. The smallest absolute Gasteiger partial charge is 0.225 e. The van der Waals surface area contributed by atoms with Crippen LogP contribution < -0.4 is 10.6 Å². The number of likely N-dealkylation sites (tertiary alicyclic amines) is 1. The van der Waals surface area contributed by atoms with E-state index in [1.54, 1.807) is 0 Å². The van der Waals surface area contributed by atoms with Crippen molar-refractivity contribution in [3.8, 4) is 0 Å². The second-order valence-electron chi connectivity index (χ2n) is 7.57. The molecule has 1 aliphatic rings. The van der Waals surface area contributed by atoms with Gasteiger partial charge in [-0.2, -0.15) is 0 Å². The van der Waals surface area contributed by atoms with Gasteiger partial charge in [-0.05, 0) is 45.3 Å². The zero-order valence-corrected chi connectivity index (χ0v) is 15.2. The number of carbonyl (C=O) groups is 2. The Kier molecular flexibility index (Phi) is 9.22. The fourth-order valence-electron chi connectivity index (χ4n) is 2.69. The molecule has 1 saturated heterocycles. The van der Waals surface area contributed by atoms with E-state index >= 15 is 0 Å². The SMILES string of the molecule is CC(C)(C)C(=O)NCCCC(=O)NCCCN1CCCCCC1. The fourth-order valence-corrected chi connectivity index (χ4v) is 2.69. The van der Waals surface area contributed by atoms with Crippen LogP contribution in [0.25, 0.3) is 0 Å². The van der Waals surface area contributed by atoms with Crippen LogP contribution in [0.5, 0.6) is 0 Å². The molecule has 2 N–H and O–H groups in total. The van der Waals surface area contributed by atoms with Crippen molar-refractivity contribution < 1.29 is 9.59 Å². The maximum Gasteiger partial charge on any atom is 0.225 e. The molecule has 0 aromatic carbocycles. The Morgan fingerprint density at radius 2 is 1.52 bits per heavy atom. The molecular formula is C18H35N3O2. The summed E-state index contributed by atoms with van der Waals surface area (Å²) in [6, 6.07) is 0. The normalized spacial score (nSPS) is 16.7. The first kappa shape index (κ1) is 19.9. The Labute approximate surface area is 141 Å². The van der Waals surface area contributed by atoms with Crippen LogP contribution in [0.15, 0.2) is 0 Å². The van der Waals surface area contributed by atoms with Crippen molar-refractivity contribution in [2.45, 2.75) is 65.7 Å². The van der Waals surface area contributed by atoms with Crippen molar-refractivity contribution in [1.82, 2.24) is 15.5 Å². The predicted molar refractivity (Wildman–Crippen MR) is 94.2 cm³/mol. The second kappa shape index (κ2) is 10.6. The van der Waals surface area contributed by atoms with Gasteiger partial charge in [-0.15, -0.1) is 0 Å². The Bertz CT molecular complexity index is 356. The molecule has 0 bridgehead atoms. The Morgan fingerprint density at radius 1 is 0.913 bits per heavy atom. The third-order valence-electron chi connectivity index (χ3n) is 4.22. The summed E-state index contributed by atoms with van der Waals surface area (Å²) in [5.74, 6) is 0.126. The molecule has 0 atom stereocenters. The minimum atomic E-state index is -0.365. The number of nitrogens with zero attached hydrogens (tertiary/aromatic N) is 1. The first-order valence-electron chi connectivity index (χ1n) is 9.17. The van der Waals surface area contributed by atoms with Gasteiger partial charge in [0.1, 0.15) is 0 Å². The molecule has 0 spiro atoms. The average molecular weight is 325 g/mol. The highest BCUT2D eigenvalue weighted by Crippen LogP contribution is 2.12. The largest absolute Gasteiger partial charge is 0.356 e. The molecule has 1 fully saturated rings. The third-order valence-corrected chi connectivity index (χ3v) is 4.22. The van der Waals surface area contributed by atoms with Gasteiger partial charge in [0.15, 0.2) is 0 Å². The van der Waals surface area contributed by atoms with E-state index in [0.717, 1.165) is 19.5 Å². The summed E-state index contributed by atoms with van der Waals surface area (Å²) >= 11 is 0. The monoisotopic (exact) mass is 325 g/mol. The number of hydrogen-bond donors (Lipinski definition) is 2. The van der Waals surface area contributed by atoms with E-state index in [2.05, 4.69) is 15.5 Å². The minimum Gasteiger partial charge on any atom is -0.356 e. The van der Waals surface area contributed by atoms with E-state index in [1.165, 1.54) is 38.8 Å².